The van der Waals surface area contributed by atoms with Gasteiger partial charge in [-0.1, -0.05) is 0 Å². The Kier molecular flexibility index (Phi) is 4.23. The Hall–Kier alpha value is -1.44. The third-order valence-corrected chi connectivity index (χ3v) is 4.87. The van der Waals surface area contributed by atoms with Crippen LogP contribution in [0.25, 0.3) is 0 Å². The van der Waals surface area contributed by atoms with Gasteiger partial charge in [0, 0.05) is 30.0 Å². The van der Waals surface area contributed by atoms with Gasteiger partial charge in [-0.2, -0.15) is 0 Å². The van der Waals surface area contributed by atoms with Crippen LogP contribution in [0, 0.1) is 0 Å². The van der Waals surface area contributed by atoms with Crippen LogP contribution in [-0.4, -0.2) is 24.5 Å². The topological polar surface area (TPSA) is 63.2 Å². The standard InChI is InChI=1S/C14H14BrN3O2S/c1-20-11-3-2-8(6-9(11)15)13(19)18-14-17-10-4-5-16-7-12(10)21-14/h2-3,6,16H,4-5,7H2,1H3,(H,17,18,19). The molecule has 1 aromatic carbocycles. The number of anilines is 1. The molecule has 5 nitrogen and oxygen atoms in total. The predicted molar refractivity (Wildman–Crippen MR) is 86.2 cm³/mol. The van der Waals surface area contributed by atoms with Gasteiger partial charge in [0.1, 0.15) is 5.75 Å². The number of rotatable bonds is 3. The zero-order valence-electron chi connectivity index (χ0n) is 11.4. The van der Waals surface area contributed by atoms with Gasteiger partial charge in [-0.15, -0.1) is 11.3 Å². The highest BCUT2D eigenvalue weighted by molar-refractivity contribution is 9.10. The van der Waals surface area contributed by atoms with Crippen LogP contribution in [-0.2, 0) is 13.0 Å². The van der Waals surface area contributed by atoms with Gasteiger partial charge < -0.3 is 10.1 Å². The molecule has 0 atom stereocenters. The van der Waals surface area contributed by atoms with E-state index < -0.39 is 0 Å². The average molecular weight is 368 g/mol. The van der Waals surface area contributed by atoms with Crippen molar-refractivity contribution in [2.45, 2.75) is 13.0 Å². The molecule has 0 aliphatic carbocycles. The number of aromatic nitrogens is 1. The lowest BCUT2D eigenvalue weighted by atomic mass is 10.2. The lowest BCUT2D eigenvalue weighted by molar-refractivity contribution is 0.102. The first-order valence-corrected chi connectivity index (χ1v) is 8.12. The van der Waals surface area contributed by atoms with Crippen molar-refractivity contribution in [1.82, 2.24) is 10.3 Å². The molecule has 0 bridgehead atoms. The number of nitrogens with zero attached hydrogens (tertiary/aromatic N) is 1. The summed E-state index contributed by atoms with van der Waals surface area (Å²) < 4.78 is 5.91. The molecule has 1 aliphatic rings. The van der Waals surface area contributed by atoms with Crippen LogP contribution in [0.5, 0.6) is 5.75 Å². The number of thiazole rings is 1. The molecule has 1 amide bonds. The van der Waals surface area contributed by atoms with E-state index in [1.54, 1.807) is 25.3 Å². The number of fused-ring (bicyclic) bond motifs is 1. The van der Waals surface area contributed by atoms with E-state index in [0.29, 0.717) is 16.4 Å². The first-order valence-electron chi connectivity index (χ1n) is 6.51. The second-order valence-corrected chi connectivity index (χ2v) is 6.56. The Labute approximate surface area is 134 Å². The van der Waals surface area contributed by atoms with Gasteiger partial charge in [0.25, 0.3) is 5.91 Å². The maximum Gasteiger partial charge on any atom is 0.257 e. The van der Waals surface area contributed by atoms with Crippen LogP contribution >= 0.6 is 27.3 Å². The van der Waals surface area contributed by atoms with E-state index in [9.17, 15) is 4.79 Å². The van der Waals surface area contributed by atoms with Crippen molar-refractivity contribution in [3.8, 4) is 5.75 Å². The van der Waals surface area contributed by atoms with Crippen LogP contribution in [0.2, 0.25) is 0 Å². The van der Waals surface area contributed by atoms with Gasteiger partial charge in [-0.05, 0) is 34.1 Å². The van der Waals surface area contributed by atoms with E-state index in [1.807, 2.05) is 0 Å². The summed E-state index contributed by atoms with van der Waals surface area (Å²) >= 11 is 4.91. The highest BCUT2D eigenvalue weighted by atomic mass is 79.9. The summed E-state index contributed by atoms with van der Waals surface area (Å²) in [6, 6.07) is 5.23. The molecule has 1 aromatic heterocycles. The predicted octanol–water partition coefficient (Wildman–Crippen LogP) is 2.81. The molecular weight excluding hydrogens is 354 g/mol. The van der Waals surface area contributed by atoms with Crippen molar-refractivity contribution in [2.24, 2.45) is 0 Å². The van der Waals surface area contributed by atoms with E-state index in [0.717, 1.165) is 29.7 Å². The summed E-state index contributed by atoms with van der Waals surface area (Å²) in [5, 5.41) is 6.81. The Morgan fingerprint density at radius 3 is 3.10 bits per heavy atom. The van der Waals surface area contributed by atoms with Crippen LogP contribution in [0.4, 0.5) is 5.13 Å². The molecular formula is C14H14BrN3O2S. The molecule has 0 unspecified atom stereocenters. The molecule has 7 heteroatoms. The molecule has 0 saturated heterocycles. The Morgan fingerprint density at radius 2 is 2.38 bits per heavy atom. The quantitative estimate of drug-likeness (QED) is 0.875. The summed E-state index contributed by atoms with van der Waals surface area (Å²) in [5.41, 5.74) is 1.65. The van der Waals surface area contributed by atoms with Crippen LogP contribution in [0.15, 0.2) is 22.7 Å². The largest absolute Gasteiger partial charge is 0.496 e. The number of amides is 1. The van der Waals surface area contributed by atoms with Gasteiger partial charge in [-0.3, -0.25) is 10.1 Å². The SMILES string of the molecule is COc1ccc(C(=O)Nc2nc3c(s2)CNCC3)cc1Br. The molecule has 3 rings (SSSR count). The van der Waals surface area contributed by atoms with Crippen LogP contribution in [0.3, 0.4) is 0 Å². The average Bonchev–Trinajstić information content (AvgIpc) is 2.89. The van der Waals surface area contributed by atoms with E-state index >= 15 is 0 Å². The molecule has 0 spiro atoms. The third-order valence-electron chi connectivity index (χ3n) is 3.24. The second kappa shape index (κ2) is 6.13. The molecule has 0 saturated carbocycles. The number of ether oxygens (including phenoxy) is 1. The summed E-state index contributed by atoms with van der Waals surface area (Å²) in [4.78, 5) is 17.9. The monoisotopic (exact) mass is 367 g/mol. The number of methoxy groups -OCH3 is 1. The first-order chi connectivity index (χ1) is 10.2. The number of halogens is 1. The summed E-state index contributed by atoms with van der Waals surface area (Å²) in [6.45, 7) is 1.77. The minimum atomic E-state index is -0.169. The van der Waals surface area contributed by atoms with Gasteiger partial charge >= 0.3 is 0 Å². The van der Waals surface area contributed by atoms with Crippen LogP contribution in [0.1, 0.15) is 20.9 Å². The lowest BCUT2D eigenvalue weighted by Gasteiger charge is -2.09. The number of carbonyl (C=O) groups excluding carboxylic acids is 1. The molecule has 1 aliphatic heterocycles. The van der Waals surface area contributed by atoms with Gasteiger partial charge in [0.05, 0.1) is 17.3 Å². The van der Waals surface area contributed by atoms with Gasteiger partial charge in [0.15, 0.2) is 5.13 Å². The summed E-state index contributed by atoms with van der Waals surface area (Å²) in [7, 11) is 1.59. The van der Waals surface area contributed by atoms with E-state index in [4.69, 9.17) is 4.74 Å². The number of hydrogen-bond donors (Lipinski definition) is 2. The first kappa shape index (κ1) is 14.5. The number of nitrogens with one attached hydrogen (secondary N) is 2. The Bertz CT molecular complexity index is 663. The fourth-order valence-corrected chi connectivity index (χ4v) is 3.67. The molecule has 2 aromatic rings. The van der Waals surface area contributed by atoms with Crippen molar-refractivity contribution in [3.05, 3.63) is 38.8 Å². The van der Waals surface area contributed by atoms with E-state index in [2.05, 4.69) is 31.5 Å². The van der Waals surface area contributed by atoms with Crippen molar-refractivity contribution < 1.29 is 9.53 Å². The van der Waals surface area contributed by atoms with Crippen molar-refractivity contribution >= 4 is 38.3 Å². The van der Waals surface area contributed by atoms with Crippen molar-refractivity contribution in [2.75, 3.05) is 19.0 Å². The maximum absolute atomic E-state index is 12.3. The van der Waals surface area contributed by atoms with Gasteiger partial charge in [0.2, 0.25) is 0 Å². The zero-order valence-corrected chi connectivity index (χ0v) is 13.8. The van der Waals surface area contributed by atoms with Crippen molar-refractivity contribution in [3.63, 3.8) is 0 Å². The van der Waals surface area contributed by atoms with Gasteiger partial charge in [-0.25, -0.2) is 4.98 Å². The smallest absolute Gasteiger partial charge is 0.257 e. The molecule has 2 N–H and O–H groups in total. The highest BCUT2D eigenvalue weighted by Crippen LogP contribution is 2.28. The number of carbonyl (C=O) groups is 1. The number of hydrogen-bond acceptors (Lipinski definition) is 5. The second-order valence-electron chi connectivity index (χ2n) is 4.62. The van der Waals surface area contributed by atoms with Crippen molar-refractivity contribution in [1.29, 1.82) is 0 Å². The fraction of sp³-hybridized carbons (Fsp3) is 0.286. The minimum absolute atomic E-state index is 0.169. The lowest BCUT2D eigenvalue weighted by Crippen LogP contribution is -2.22. The van der Waals surface area contributed by atoms with E-state index in [-0.39, 0.29) is 5.91 Å². The minimum Gasteiger partial charge on any atom is -0.496 e. The van der Waals surface area contributed by atoms with Crippen LogP contribution < -0.4 is 15.4 Å². The fourth-order valence-electron chi connectivity index (χ4n) is 2.16. The zero-order chi connectivity index (χ0) is 14.8. The summed E-state index contributed by atoms with van der Waals surface area (Å²) in [6.07, 6.45) is 0.912. The Morgan fingerprint density at radius 1 is 1.52 bits per heavy atom. The maximum atomic E-state index is 12.3. The highest BCUT2D eigenvalue weighted by Gasteiger charge is 2.17. The Balaban J connectivity index is 1.76. The summed E-state index contributed by atoms with van der Waals surface area (Å²) in [5.74, 6) is 0.528. The third kappa shape index (κ3) is 3.09. The molecule has 0 radical (unpaired) electrons. The molecule has 0 fully saturated rings. The normalized spacial score (nSPS) is 13.6. The molecule has 21 heavy (non-hydrogen) atoms. The van der Waals surface area contributed by atoms with E-state index in [1.165, 1.54) is 16.2 Å². The molecule has 110 valence electrons. The molecule has 2 heterocycles. The number of benzene rings is 1.